The number of aryl methyl sites for hydroxylation is 1. The number of methoxy groups -OCH3 is 1. The lowest BCUT2D eigenvalue weighted by molar-refractivity contribution is -0.132. The molecule has 0 unspecified atom stereocenters. The number of rotatable bonds is 7. The molecule has 1 saturated heterocycles. The van der Waals surface area contributed by atoms with Crippen molar-refractivity contribution in [2.45, 2.75) is 51.0 Å². The van der Waals surface area contributed by atoms with Crippen molar-refractivity contribution < 1.29 is 17.9 Å². The molecule has 2 rings (SSSR count). The molecule has 0 bridgehead atoms. The highest BCUT2D eigenvalue weighted by molar-refractivity contribution is 7.89. The van der Waals surface area contributed by atoms with Crippen LogP contribution in [0.4, 0.5) is 0 Å². The van der Waals surface area contributed by atoms with Crippen LogP contribution in [0.5, 0.6) is 5.75 Å². The number of ether oxygens (including phenoxy) is 1. The van der Waals surface area contributed by atoms with E-state index in [1.165, 1.54) is 13.2 Å². The largest absolute Gasteiger partial charge is 0.497 e. The molecule has 1 atom stereocenters. The highest BCUT2D eigenvalue weighted by Crippen LogP contribution is 2.22. The Labute approximate surface area is 150 Å². The lowest BCUT2D eigenvalue weighted by atomic mass is 10.0. The topological polar surface area (TPSA) is 75.7 Å². The number of nitrogens with zero attached hydrogens (tertiary/aromatic N) is 1. The molecule has 1 aliphatic rings. The zero-order valence-electron chi connectivity index (χ0n) is 15.4. The maximum absolute atomic E-state index is 12.8. The van der Waals surface area contributed by atoms with E-state index in [4.69, 9.17) is 4.74 Å². The summed E-state index contributed by atoms with van der Waals surface area (Å²) in [6, 6.07) is 4.07. The van der Waals surface area contributed by atoms with Gasteiger partial charge < -0.3 is 9.64 Å². The number of nitrogens with one attached hydrogen (secondary N) is 1. The molecule has 1 N–H and O–H groups in total. The van der Waals surface area contributed by atoms with E-state index < -0.39 is 16.1 Å². The van der Waals surface area contributed by atoms with E-state index in [1.54, 1.807) is 24.0 Å². The first-order valence-electron chi connectivity index (χ1n) is 8.70. The minimum atomic E-state index is -3.79. The molecule has 1 aromatic rings. The molecule has 25 heavy (non-hydrogen) atoms. The van der Waals surface area contributed by atoms with Gasteiger partial charge in [-0.1, -0.05) is 13.8 Å². The molecule has 1 aromatic carbocycles. The molecular weight excluding hydrogens is 340 g/mol. The Morgan fingerprint density at radius 2 is 1.92 bits per heavy atom. The van der Waals surface area contributed by atoms with E-state index in [2.05, 4.69) is 4.72 Å². The highest BCUT2D eigenvalue weighted by atomic mass is 32.2. The second-order valence-electron chi connectivity index (χ2n) is 6.97. The van der Waals surface area contributed by atoms with Crippen LogP contribution >= 0.6 is 0 Å². The van der Waals surface area contributed by atoms with E-state index >= 15 is 0 Å². The number of amides is 1. The third-order valence-corrected chi connectivity index (χ3v) is 6.02. The fourth-order valence-electron chi connectivity index (χ4n) is 3.13. The number of benzene rings is 1. The Morgan fingerprint density at radius 1 is 1.28 bits per heavy atom. The Bertz CT molecular complexity index is 710. The Morgan fingerprint density at radius 3 is 2.44 bits per heavy atom. The summed E-state index contributed by atoms with van der Waals surface area (Å²) in [4.78, 5) is 14.7. The number of sulfonamides is 1. The van der Waals surface area contributed by atoms with E-state index in [0.29, 0.717) is 30.8 Å². The van der Waals surface area contributed by atoms with E-state index in [0.717, 1.165) is 12.8 Å². The van der Waals surface area contributed by atoms with Crippen LogP contribution in [0.15, 0.2) is 23.1 Å². The molecule has 0 radical (unpaired) electrons. The fourth-order valence-corrected chi connectivity index (χ4v) is 4.56. The number of carbonyl (C=O) groups is 1. The van der Waals surface area contributed by atoms with Crippen LogP contribution in [-0.4, -0.2) is 45.5 Å². The van der Waals surface area contributed by atoms with Gasteiger partial charge >= 0.3 is 0 Å². The van der Waals surface area contributed by atoms with Crippen molar-refractivity contribution in [3.8, 4) is 5.75 Å². The summed E-state index contributed by atoms with van der Waals surface area (Å²) in [5.74, 6) is 0.681. The van der Waals surface area contributed by atoms with Crippen molar-refractivity contribution in [2.24, 2.45) is 5.92 Å². The van der Waals surface area contributed by atoms with Crippen LogP contribution in [0.2, 0.25) is 0 Å². The lowest BCUT2D eigenvalue weighted by Crippen LogP contribution is -2.48. The Hall–Kier alpha value is -1.60. The highest BCUT2D eigenvalue weighted by Gasteiger charge is 2.31. The van der Waals surface area contributed by atoms with Crippen LogP contribution in [0.3, 0.4) is 0 Å². The molecule has 1 amide bonds. The van der Waals surface area contributed by atoms with Gasteiger partial charge in [-0.05, 0) is 55.9 Å². The molecule has 0 spiro atoms. The van der Waals surface area contributed by atoms with Crippen molar-refractivity contribution in [3.05, 3.63) is 23.8 Å². The van der Waals surface area contributed by atoms with Gasteiger partial charge in [-0.3, -0.25) is 4.79 Å². The maximum atomic E-state index is 12.8. The van der Waals surface area contributed by atoms with E-state index in [9.17, 15) is 13.2 Å². The third kappa shape index (κ3) is 4.95. The molecule has 1 fully saturated rings. The van der Waals surface area contributed by atoms with Crippen molar-refractivity contribution in [3.63, 3.8) is 0 Å². The molecule has 6 nitrogen and oxygen atoms in total. The Kier molecular flexibility index (Phi) is 6.46. The van der Waals surface area contributed by atoms with Crippen molar-refractivity contribution in [2.75, 3.05) is 20.2 Å². The summed E-state index contributed by atoms with van der Waals surface area (Å²) in [7, 11) is -2.25. The third-order valence-electron chi connectivity index (χ3n) is 4.39. The predicted molar refractivity (Wildman–Crippen MR) is 97.1 cm³/mol. The van der Waals surface area contributed by atoms with Gasteiger partial charge in [0.1, 0.15) is 11.8 Å². The van der Waals surface area contributed by atoms with E-state index in [1.807, 2.05) is 13.8 Å². The smallest absolute Gasteiger partial charge is 0.241 e. The van der Waals surface area contributed by atoms with Gasteiger partial charge in [0.25, 0.3) is 0 Å². The minimum absolute atomic E-state index is 0.124. The fraction of sp³-hybridized carbons (Fsp3) is 0.611. The van der Waals surface area contributed by atoms with Crippen LogP contribution in [0, 0.1) is 12.8 Å². The van der Waals surface area contributed by atoms with Crippen molar-refractivity contribution in [1.82, 2.24) is 9.62 Å². The predicted octanol–water partition coefficient (Wildman–Crippen LogP) is 2.32. The summed E-state index contributed by atoms with van der Waals surface area (Å²) in [6.45, 7) is 7.10. The lowest BCUT2D eigenvalue weighted by Gasteiger charge is -2.25. The van der Waals surface area contributed by atoms with Crippen molar-refractivity contribution >= 4 is 15.9 Å². The first-order chi connectivity index (χ1) is 11.7. The number of hydrogen-bond donors (Lipinski definition) is 1. The SMILES string of the molecule is COc1ccc(S(=O)(=O)N[C@@H](CC(C)C)C(=O)N2CCCC2)c(C)c1. The average Bonchev–Trinajstić information content (AvgIpc) is 3.06. The summed E-state index contributed by atoms with van der Waals surface area (Å²) in [5.41, 5.74) is 0.587. The van der Waals surface area contributed by atoms with Gasteiger partial charge in [0.05, 0.1) is 12.0 Å². The molecule has 0 aliphatic carbocycles. The van der Waals surface area contributed by atoms with Gasteiger partial charge in [0, 0.05) is 13.1 Å². The summed E-state index contributed by atoms with van der Waals surface area (Å²) in [6.07, 6.45) is 2.43. The molecular formula is C18H28N2O4S. The average molecular weight is 368 g/mol. The van der Waals surface area contributed by atoms with Crippen LogP contribution < -0.4 is 9.46 Å². The zero-order valence-corrected chi connectivity index (χ0v) is 16.2. The summed E-state index contributed by atoms with van der Waals surface area (Å²) < 4.78 is 33.4. The number of likely N-dealkylation sites (tertiary alicyclic amines) is 1. The first-order valence-corrected chi connectivity index (χ1v) is 10.2. The second-order valence-corrected chi connectivity index (χ2v) is 8.65. The standard InChI is InChI=1S/C18H28N2O4S/c1-13(2)11-16(18(21)20-9-5-6-10-20)19-25(22,23)17-8-7-15(24-4)12-14(17)3/h7-8,12-13,16,19H,5-6,9-11H2,1-4H3/t16-/m0/s1. The summed E-state index contributed by atoms with van der Waals surface area (Å²) >= 11 is 0. The van der Waals surface area contributed by atoms with Crippen LogP contribution in [0.1, 0.15) is 38.7 Å². The van der Waals surface area contributed by atoms with Gasteiger partial charge in [-0.15, -0.1) is 0 Å². The molecule has 1 heterocycles. The van der Waals surface area contributed by atoms with Crippen LogP contribution in [0.25, 0.3) is 0 Å². The van der Waals surface area contributed by atoms with Gasteiger partial charge in [0.15, 0.2) is 0 Å². The van der Waals surface area contributed by atoms with Crippen molar-refractivity contribution in [1.29, 1.82) is 0 Å². The van der Waals surface area contributed by atoms with Gasteiger partial charge in [-0.2, -0.15) is 4.72 Å². The second kappa shape index (κ2) is 8.19. The minimum Gasteiger partial charge on any atom is -0.497 e. The van der Waals surface area contributed by atoms with E-state index in [-0.39, 0.29) is 16.7 Å². The Balaban J connectivity index is 2.25. The molecule has 7 heteroatoms. The summed E-state index contributed by atoms with van der Waals surface area (Å²) in [5, 5.41) is 0. The van der Waals surface area contributed by atoms with Crippen LogP contribution in [-0.2, 0) is 14.8 Å². The monoisotopic (exact) mass is 368 g/mol. The zero-order chi connectivity index (χ0) is 18.6. The number of carbonyl (C=O) groups excluding carboxylic acids is 1. The number of hydrogen-bond acceptors (Lipinski definition) is 4. The molecule has 0 aromatic heterocycles. The molecule has 1 aliphatic heterocycles. The van der Waals surface area contributed by atoms with Gasteiger partial charge in [0.2, 0.25) is 15.9 Å². The molecule has 140 valence electrons. The normalized spacial score (nSPS) is 16.3. The quantitative estimate of drug-likeness (QED) is 0.801. The molecule has 0 saturated carbocycles. The van der Waals surface area contributed by atoms with Gasteiger partial charge in [-0.25, -0.2) is 8.42 Å². The maximum Gasteiger partial charge on any atom is 0.241 e. The first kappa shape index (κ1) is 19.7.